The van der Waals surface area contributed by atoms with Crippen LogP contribution in [0.1, 0.15) is 42.5 Å². The molecule has 1 aliphatic carbocycles. The highest BCUT2D eigenvalue weighted by atomic mass is 16.1. The van der Waals surface area contributed by atoms with Crippen molar-refractivity contribution in [2.45, 2.75) is 38.6 Å². The zero-order chi connectivity index (χ0) is 13.8. The molecule has 1 fully saturated rings. The van der Waals surface area contributed by atoms with E-state index in [1.165, 1.54) is 32.1 Å². The topological polar surface area (TPSA) is 34.9 Å². The van der Waals surface area contributed by atoms with Crippen LogP contribution in [0.25, 0.3) is 11.1 Å². The lowest BCUT2D eigenvalue weighted by Crippen LogP contribution is -2.14. The van der Waals surface area contributed by atoms with Crippen molar-refractivity contribution in [1.29, 1.82) is 0 Å². The Morgan fingerprint density at radius 2 is 1.85 bits per heavy atom. The molecule has 20 heavy (non-hydrogen) atoms. The summed E-state index contributed by atoms with van der Waals surface area (Å²) in [6, 6.07) is 7.65. The molecule has 2 aromatic rings. The molecule has 0 radical (unpaired) electrons. The summed E-state index contributed by atoms with van der Waals surface area (Å²) in [5, 5.41) is 4.48. The van der Waals surface area contributed by atoms with Crippen LogP contribution in [0, 0.1) is 5.92 Å². The van der Waals surface area contributed by atoms with Crippen molar-refractivity contribution in [3.05, 3.63) is 42.2 Å². The number of rotatable bonds is 4. The highest BCUT2D eigenvalue weighted by molar-refractivity contribution is 5.76. The van der Waals surface area contributed by atoms with Crippen molar-refractivity contribution < 1.29 is 4.79 Å². The van der Waals surface area contributed by atoms with Crippen LogP contribution in [-0.4, -0.2) is 16.1 Å². The van der Waals surface area contributed by atoms with E-state index >= 15 is 0 Å². The minimum absolute atomic E-state index is 0.711. The fraction of sp³-hybridized carbons (Fsp3) is 0.412. The predicted molar refractivity (Wildman–Crippen MR) is 79.6 cm³/mol. The van der Waals surface area contributed by atoms with Crippen molar-refractivity contribution in [2.75, 3.05) is 0 Å². The van der Waals surface area contributed by atoms with Gasteiger partial charge < -0.3 is 0 Å². The summed E-state index contributed by atoms with van der Waals surface area (Å²) in [6.45, 7) is 1.03. The molecule has 0 spiro atoms. The molecule has 0 saturated heterocycles. The molecule has 104 valence electrons. The van der Waals surface area contributed by atoms with Crippen LogP contribution in [0.4, 0.5) is 0 Å². The Bertz CT molecular complexity index is 565. The van der Waals surface area contributed by atoms with Crippen molar-refractivity contribution >= 4 is 6.29 Å². The molecule has 1 saturated carbocycles. The second kappa shape index (κ2) is 6.04. The van der Waals surface area contributed by atoms with Crippen LogP contribution in [0.3, 0.4) is 0 Å². The first-order chi connectivity index (χ1) is 9.85. The maximum Gasteiger partial charge on any atom is 0.150 e. The molecule has 1 aromatic carbocycles. The van der Waals surface area contributed by atoms with E-state index in [0.717, 1.165) is 29.9 Å². The van der Waals surface area contributed by atoms with Gasteiger partial charge in [0.15, 0.2) is 0 Å². The molecule has 1 aliphatic rings. The van der Waals surface area contributed by atoms with Gasteiger partial charge in [-0.1, -0.05) is 43.5 Å². The number of hydrogen-bond donors (Lipinski definition) is 0. The number of benzene rings is 1. The van der Waals surface area contributed by atoms with Crippen LogP contribution < -0.4 is 0 Å². The Kier molecular flexibility index (Phi) is 3.95. The molecule has 0 N–H and O–H groups in total. The molecule has 3 rings (SSSR count). The first kappa shape index (κ1) is 13.1. The van der Waals surface area contributed by atoms with Crippen LogP contribution in [0.15, 0.2) is 36.7 Å². The third-order valence-electron chi connectivity index (χ3n) is 4.18. The molecule has 0 aliphatic heterocycles. The van der Waals surface area contributed by atoms with E-state index in [4.69, 9.17) is 0 Å². The largest absolute Gasteiger partial charge is 0.298 e. The summed E-state index contributed by atoms with van der Waals surface area (Å²) in [5.41, 5.74) is 2.95. The molecule has 0 atom stereocenters. The molecular formula is C17H20N2O. The maximum atomic E-state index is 10.7. The maximum absolute atomic E-state index is 10.7. The molecule has 1 heterocycles. The first-order valence-electron chi connectivity index (χ1n) is 7.43. The van der Waals surface area contributed by atoms with Gasteiger partial charge >= 0.3 is 0 Å². The first-order valence-corrected chi connectivity index (χ1v) is 7.43. The summed E-state index contributed by atoms with van der Waals surface area (Å²) < 4.78 is 2.07. The van der Waals surface area contributed by atoms with Gasteiger partial charge in [0.1, 0.15) is 6.29 Å². The highest BCUT2D eigenvalue weighted by Crippen LogP contribution is 2.26. The van der Waals surface area contributed by atoms with Gasteiger partial charge in [-0.3, -0.25) is 9.48 Å². The number of carbonyl (C=O) groups excluding carboxylic acids is 1. The molecule has 0 bridgehead atoms. The van der Waals surface area contributed by atoms with Crippen molar-refractivity contribution in [3.8, 4) is 11.1 Å². The fourth-order valence-electron chi connectivity index (χ4n) is 3.00. The van der Waals surface area contributed by atoms with Crippen LogP contribution in [0.2, 0.25) is 0 Å². The average molecular weight is 268 g/mol. The highest BCUT2D eigenvalue weighted by Gasteiger charge is 2.14. The average Bonchev–Trinajstić information content (AvgIpc) is 2.97. The van der Waals surface area contributed by atoms with Gasteiger partial charge in [0.25, 0.3) is 0 Å². The van der Waals surface area contributed by atoms with Gasteiger partial charge in [-0.15, -0.1) is 0 Å². The standard InChI is InChI=1S/C17H20N2O/c20-13-15-6-8-16(9-7-15)17-10-18-19(12-17)11-14-4-2-1-3-5-14/h6-10,12-14H,1-5,11H2. The summed E-state index contributed by atoms with van der Waals surface area (Å²) in [7, 11) is 0. The third-order valence-corrected chi connectivity index (χ3v) is 4.18. The molecule has 0 amide bonds. The van der Waals surface area contributed by atoms with Crippen LogP contribution in [-0.2, 0) is 6.54 Å². The van der Waals surface area contributed by atoms with E-state index in [0.29, 0.717) is 5.56 Å². The minimum atomic E-state index is 0.711. The van der Waals surface area contributed by atoms with E-state index in [-0.39, 0.29) is 0 Å². The van der Waals surface area contributed by atoms with Crippen LogP contribution >= 0.6 is 0 Å². The number of aromatic nitrogens is 2. The van der Waals surface area contributed by atoms with E-state index in [1.807, 2.05) is 30.5 Å². The van der Waals surface area contributed by atoms with Crippen molar-refractivity contribution in [2.24, 2.45) is 5.92 Å². The number of carbonyl (C=O) groups is 1. The Morgan fingerprint density at radius 3 is 2.55 bits per heavy atom. The quantitative estimate of drug-likeness (QED) is 0.787. The Labute approximate surface area is 119 Å². The lowest BCUT2D eigenvalue weighted by Gasteiger charge is -2.21. The molecular weight excluding hydrogens is 248 g/mol. The summed E-state index contributed by atoms with van der Waals surface area (Å²) in [5.74, 6) is 0.786. The number of aldehydes is 1. The van der Waals surface area contributed by atoms with Gasteiger partial charge in [0.05, 0.1) is 6.20 Å². The molecule has 3 heteroatoms. The van der Waals surface area contributed by atoms with Gasteiger partial charge in [-0.2, -0.15) is 5.10 Å². The van der Waals surface area contributed by atoms with Gasteiger partial charge in [-0.25, -0.2) is 0 Å². The SMILES string of the molecule is O=Cc1ccc(-c2cnn(CC3CCCCC3)c2)cc1. The van der Waals surface area contributed by atoms with E-state index in [2.05, 4.69) is 16.0 Å². The Balaban J connectivity index is 1.70. The zero-order valence-electron chi connectivity index (χ0n) is 11.7. The summed E-state index contributed by atoms with van der Waals surface area (Å²) in [6.07, 6.45) is 11.7. The minimum Gasteiger partial charge on any atom is -0.298 e. The Morgan fingerprint density at radius 1 is 1.10 bits per heavy atom. The second-order valence-corrected chi connectivity index (χ2v) is 5.69. The zero-order valence-corrected chi connectivity index (χ0v) is 11.7. The second-order valence-electron chi connectivity index (χ2n) is 5.69. The lowest BCUT2D eigenvalue weighted by molar-refractivity contribution is 0.112. The van der Waals surface area contributed by atoms with Crippen molar-refractivity contribution in [1.82, 2.24) is 9.78 Å². The third kappa shape index (κ3) is 2.98. The summed E-state index contributed by atoms with van der Waals surface area (Å²) in [4.78, 5) is 10.7. The molecule has 3 nitrogen and oxygen atoms in total. The van der Waals surface area contributed by atoms with Gasteiger partial charge in [-0.05, 0) is 24.3 Å². The predicted octanol–water partition coefficient (Wildman–Crippen LogP) is 3.94. The monoisotopic (exact) mass is 268 g/mol. The van der Waals surface area contributed by atoms with E-state index < -0.39 is 0 Å². The number of nitrogens with zero attached hydrogens (tertiary/aromatic N) is 2. The smallest absolute Gasteiger partial charge is 0.150 e. The van der Waals surface area contributed by atoms with E-state index in [1.54, 1.807) is 0 Å². The van der Waals surface area contributed by atoms with Crippen molar-refractivity contribution in [3.63, 3.8) is 0 Å². The summed E-state index contributed by atoms with van der Waals surface area (Å²) >= 11 is 0. The molecule has 1 aromatic heterocycles. The van der Waals surface area contributed by atoms with Crippen LogP contribution in [0.5, 0.6) is 0 Å². The molecule has 0 unspecified atom stereocenters. The number of hydrogen-bond acceptors (Lipinski definition) is 2. The fourth-order valence-corrected chi connectivity index (χ4v) is 3.00. The Hall–Kier alpha value is -1.90. The lowest BCUT2D eigenvalue weighted by atomic mass is 9.89. The van der Waals surface area contributed by atoms with Gasteiger partial charge in [0.2, 0.25) is 0 Å². The normalized spacial score (nSPS) is 16.2. The van der Waals surface area contributed by atoms with Gasteiger partial charge in [0, 0.05) is 23.9 Å². The van der Waals surface area contributed by atoms with E-state index in [9.17, 15) is 4.79 Å².